The third kappa shape index (κ3) is 5.20. The number of unbranched alkanes of at least 4 members (excludes halogenated alkanes) is 5. The number of carboxylic acid groups (broad SMARTS) is 1. The predicted octanol–water partition coefficient (Wildman–Crippen LogP) is 3.83. The van der Waals surface area contributed by atoms with E-state index in [2.05, 4.69) is 6.92 Å². The lowest BCUT2D eigenvalue weighted by atomic mass is 10.1. The molecule has 0 amide bonds. The van der Waals surface area contributed by atoms with E-state index in [1.54, 1.807) is 12.1 Å². The maximum absolute atomic E-state index is 10.8. The molecule has 0 bridgehead atoms. The summed E-state index contributed by atoms with van der Waals surface area (Å²) < 4.78 is 5.42. The van der Waals surface area contributed by atoms with Crippen LogP contribution in [0.15, 0.2) is 18.2 Å². The minimum absolute atomic E-state index is 0.125. The Bertz CT molecular complexity index is 401. The molecule has 1 rings (SSSR count). The van der Waals surface area contributed by atoms with Gasteiger partial charge < -0.3 is 14.9 Å². The number of ether oxygens (including phenoxy) is 1. The van der Waals surface area contributed by atoms with Gasteiger partial charge in [-0.1, -0.05) is 45.1 Å². The molecule has 0 saturated carbocycles. The van der Waals surface area contributed by atoms with Crippen LogP contribution in [0.1, 0.15) is 55.8 Å². The molecule has 0 atom stereocenters. The lowest BCUT2D eigenvalue weighted by molar-refractivity contribution is 0.0693. The SMILES string of the molecule is CCCCCCCCOc1cccc(C(=O)O)c1O. The number of benzene rings is 1. The van der Waals surface area contributed by atoms with E-state index in [4.69, 9.17) is 9.84 Å². The van der Waals surface area contributed by atoms with Crippen LogP contribution in [0.3, 0.4) is 0 Å². The standard InChI is InChI=1S/C15H22O4/c1-2-3-4-5-6-7-11-19-13-10-8-9-12(14(13)16)15(17)18/h8-10,16H,2-7,11H2,1H3,(H,17,18). The van der Waals surface area contributed by atoms with Crippen molar-refractivity contribution in [1.29, 1.82) is 0 Å². The van der Waals surface area contributed by atoms with E-state index < -0.39 is 5.97 Å². The zero-order valence-electron chi connectivity index (χ0n) is 11.4. The van der Waals surface area contributed by atoms with Crippen molar-refractivity contribution >= 4 is 5.97 Å². The molecule has 0 aliphatic rings. The van der Waals surface area contributed by atoms with E-state index in [0.717, 1.165) is 12.8 Å². The minimum atomic E-state index is -1.15. The topological polar surface area (TPSA) is 66.8 Å². The average Bonchev–Trinajstić information content (AvgIpc) is 2.39. The smallest absolute Gasteiger partial charge is 0.339 e. The molecule has 0 heterocycles. The van der Waals surface area contributed by atoms with Gasteiger partial charge in [0.1, 0.15) is 5.56 Å². The van der Waals surface area contributed by atoms with E-state index in [9.17, 15) is 9.90 Å². The van der Waals surface area contributed by atoms with E-state index >= 15 is 0 Å². The first kappa shape index (κ1) is 15.3. The van der Waals surface area contributed by atoms with Crippen LogP contribution in [-0.2, 0) is 0 Å². The Labute approximate surface area is 114 Å². The molecule has 0 aliphatic carbocycles. The number of phenols is 1. The van der Waals surface area contributed by atoms with Crippen LogP contribution in [0.4, 0.5) is 0 Å². The van der Waals surface area contributed by atoms with Gasteiger partial charge in [0.05, 0.1) is 6.61 Å². The van der Waals surface area contributed by atoms with Crippen molar-refractivity contribution in [2.45, 2.75) is 45.4 Å². The lowest BCUT2D eigenvalue weighted by Gasteiger charge is -2.09. The van der Waals surface area contributed by atoms with Gasteiger partial charge in [0.2, 0.25) is 0 Å². The number of para-hydroxylation sites is 1. The maximum atomic E-state index is 10.8. The van der Waals surface area contributed by atoms with Crippen molar-refractivity contribution in [2.24, 2.45) is 0 Å². The lowest BCUT2D eigenvalue weighted by Crippen LogP contribution is -2.01. The fourth-order valence-corrected chi connectivity index (χ4v) is 1.88. The summed E-state index contributed by atoms with van der Waals surface area (Å²) in [4.78, 5) is 10.8. The minimum Gasteiger partial charge on any atom is -0.504 e. The fraction of sp³-hybridized carbons (Fsp3) is 0.533. The van der Waals surface area contributed by atoms with Gasteiger partial charge in [0, 0.05) is 0 Å². The second kappa shape index (κ2) is 8.40. The summed E-state index contributed by atoms with van der Waals surface area (Å²) >= 11 is 0. The van der Waals surface area contributed by atoms with Crippen molar-refractivity contribution in [1.82, 2.24) is 0 Å². The van der Waals surface area contributed by atoms with Gasteiger partial charge in [0.15, 0.2) is 11.5 Å². The monoisotopic (exact) mass is 266 g/mol. The molecule has 0 saturated heterocycles. The second-order valence-electron chi connectivity index (χ2n) is 4.57. The van der Waals surface area contributed by atoms with Gasteiger partial charge in [-0.05, 0) is 18.6 Å². The van der Waals surface area contributed by atoms with E-state index in [1.165, 1.54) is 31.7 Å². The third-order valence-electron chi connectivity index (χ3n) is 2.98. The van der Waals surface area contributed by atoms with Crippen molar-refractivity contribution in [3.63, 3.8) is 0 Å². The molecule has 0 aromatic heterocycles. The third-order valence-corrected chi connectivity index (χ3v) is 2.98. The normalized spacial score (nSPS) is 10.4. The van der Waals surface area contributed by atoms with Crippen LogP contribution in [-0.4, -0.2) is 22.8 Å². The highest BCUT2D eigenvalue weighted by Gasteiger charge is 2.13. The van der Waals surface area contributed by atoms with Crippen molar-refractivity contribution in [3.8, 4) is 11.5 Å². The van der Waals surface area contributed by atoms with Gasteiger partial charge in [-0.3, -0.25) is 0 Å². The van der Waals surface area contributed by atoms with Crippen LogP contribution >= 0.6 is 0 Å². The van der Waals surface area contributed by atoms with E-state index in [-0.39, 0.29) is 17.1 Å². The molecule has 2 N–H and O–H groups in total. The van der Waals surface area contributed by atoms with Crippen molar-refractivity contribution in [3.05, 3.63) is 23.8 Å². The average molecular weight is 266 g/mol. The number of hydrogen-bond acceptors (Lipinski definition) is 3. The van der Waals surface area contributed by atoms with Gasteiger partial charge >= 0.3 is 5.97 Å². The summed E-state index contributed by atoms with van der Waals surface area (Å²) in [6.45, 7) is 2.68. The van der Waals surface area contributed by atoms with Crippen LogP contribution in [0.25, 0.3) is 0 Å². The first-order valence-corrected chi connectivity index (χ1v) is 6.85. The number of aromatic hydroxyl groups is 1. The van der Waals surface area contributed by atoms with Crippen LogP contribution < -0.4 is 4.74 Å². The molecule has 0 aliphatic heterocycles. The molecule has 0 fully saturated rings. The number of carboxylic acids is 1. The highest BCUT2D eigenvalue weighted by atomic mass is 16.5. The van der Waals surface area contributed by atoms with E-state index in [0.29, 0.717) is 6.61 Å². The molecule has 19 heavy (non-hydrogen) atoms. The van der Waals surface area contributed by atoms with Crippen LogP contribution in [0.5, 0.6) is 11.5 Å². The van der Waals surface area contributed by atoms with Crippen LogP contribution in [0.2, 0.25) is 0 Å². The molecule has 1 aromatic carbocycles. The Morgan fingerprint density at radius 1 is 1.16 bits per heavy atom. The highest BCUT2D eigenvalue weighted by molar-refractivity contribution is 5.91. The number of hydrogen-bond donors (Lipinski definition) is 2. The molecule has 106 valence electrons. The first-order valence-electron chi connectivity index (χ1n) is 6.85. The Hall–Kier alpha value is -1.71. The summed E-state index contributed by atoms with van der Waals surface area (Å²) in [6, 6.07) is 4.51. The molecular formula is C15H22O4. The summed E-state index contributed by atoms with van der Waals surface area (Å²) in [7, 11) is 0. The highest BCUT2D eigenvalue weighted by Crippen LogP contribution is 2.29. The Morgan fingerprint density at radius 3 is 2.53 bits per heavy atom. The molecule has 0 unspecified atom stereocenters. The number of carbonyl (C=O) groups is 1. The Morgan fingerprint density at radius 2 is 1.84 bits per heavy atom. The quantitative estimate of drug-likeness (QED) is 0.667. The van der Waals surface area contributed by atoms with Gasteiger partial charge in [-0.2, -0.15) is 0 Å². The largest absolute Gasteiger partial charge is 0.504 e. The second-order valence-corrected chi connectivity index (χ2v) is 4.57. The molecule has 4 heteroatoms. The first-order chi connectivity index (χ1) is 9.16. The zero-order chi connectivity index (χ0) is 14.1. The molecule has 0 spiro atoms. The fourth-order valence-electron chi connectivity index (χ4n) is 1.88. The van der Waals surface area contributed by atoms with Gasteiger partial charge in [-0.15, -0.1) is 0 Å². The Balaban J connectivity index is 2.33. The molecule has 4 nitrogen and oxygen atoms in total. The Kier molecular flexibility index (Phi) is 6.79. The van der Waals surface area contributed by atoms with Gasteiger partial charge in [0.25, 0.3) is 0 Å². The van der Waals surface area contributed by atoms with Crippen molar-refractivity contribution < 1.29 is 19.7 Å². The number of rotatable bonds is 9. The summed E-state index contributed by atoms with van der Waals surface area (Å²) in [5, 5.41) is 18.6. The van der Waals surface area contributed by atoms with Crippen LogP contribution in [0, 0.1) is 0 Å². The zero-order valence-corrected chi connectivity index (χ0v) is 11.4. The van der Waals surface area contributed by atoms with E-state index in [1.807, 2.05) is 0 Å². The maximum Gasteiger partial charge on any atom is 0.339 e. The summed E-state index contributed by atoms with van der Waals surface area (Å²) in [6.07, 6.45) is 6.95. The molecular weight excluding hydrogens is 244 g/mol. The molecule has 1 aromatic rings. The summed E-state index contributed by atoms with van der Waals surface area (Å²) in [5.74, 6) is -1.20. The molecule has 0 radical (unpaired) electrons. The summed E-state index contributed by atoms with van der Waals surface area (Å²) in [5.41, 5.74) is -0.125. The van der Waals surface area contributed by atoms with Gasteiger partial charge in [-0.25, -0.2) is 4.79 Å². The predicted molar refractivity (Wildman–Crippen MR) is 73.9 cm³/mol. The van der Waals surface area contributed by atoms with Crippen molar-refractivity contribution in [2.75, 3.05) is 6.61 Å². The number of aromatic carboxylic acids is 1.